The number of fused-ring (bicyclic) bond motifs is 1. The Kier molecular flexibility index (Phi) is 3.41. The fourth-order valence-corrected chi connectivity index (χ4v) is 2.59. The lowest BCUT2D eigenvalue weighted by Gasteiger charge is -2.02. The minimum absolute atomic E-state index is 0.191. The molecule has 0 aliphatic carbocycles. The van der Waals surface area contributed by atoms with Gasteiger partial charge in [-0.1, -0.05) is 23.4 Å². The molecule has 3 rings (SSSR count). The predicted molar refractivity (Wildman–Crippen MR) is 75.7 cm³/mol. The van der Waals surface area contributed by atoms with E-state index in [0.717, 1.165) is 0 Å². The Morgan fingerprint density at radius 3 is 3.10 bits per heavy atom. The van der Waals surface area contributed by atoms with Gasteiger partial charge in [-0.3, -0.25) is 9.48 Å². The Morgan fingerprint density at radius 1 is 1.45 bits per heavy atom. The van der Waals surface area contributed by atoms with E-state index in [0.29, 0.717) is 32.9 Å². The first kappa shape index (κ1) is 13.1. The topological polar surface area (TPSA) is 89.4 Å². The highest BCUT2D eigenvalue weighted by atomic mass is 35.5. The number of aromatic nitrogens is 6. The molecule has 0 unspecified atom stereocenters. The van der Waals surface area contributed by atoms with E-state index >= 15 is 0 Å². The minimum Gasteiger partial charge on any atom is -0.301 e. The Labute approximate surface area is 122 Å². The summed E-state index contributed by atoms with van der Waals surface area (Å²) >= 11 is 7.43. The van der Waals surface area contributed by atoms with Gasteiger partial charge in [0, 0.05) is 19.3 Å². The average Bonchev–Trinajstić information content (AvgIpc) is 2.79. The van der Waals surface area contributed by atoms with Crippen LogP contribution in [0.15, 0.2) is 28.4 Å². The molecule has 7 nitrogen and oxygen atoms in total. The quantitative estimate of drug-likeness (QED) is 0.447. The van der Waals surface area contributed by atoms with Gasteiger partial charge in [-0.25, -0.2) is 15.0 Å². The Morgan fingerprint density at radius 2 is 2.30 bits per heavy atom. The third-order valence-corrected chi connectivity index (χ3v) is 3.75. The first-order valence-electron chi connectivity index (χ1n) is 5.66. The Hall–Kier alpha value is -1.93. The van der Waals surface area contributed by atoms with E-state index in [9.17, 15) is 4.79 Å². The van der Waals surface area contributed by atoms with Crippen molar-refractivity contribution in [3.63, 3.8) is 0 Å². The number of aryl methyl sites for hydroxylation is 1. The molecule has 0 fully saturated rings. The van der Waals surface area contributed by atoms with Gasteiger partial charge in [0.1, 0.15) is 11.0 Å². The molecule has 0 bridgehead atoms. The highest BCUT2D eigenvalue weighted by molar-refractivity contribution is 7.98. The summed E-state index contributed by atoms with van der Waals surface area (Å²) in [5.41, 5.74) is 0.485. The fraction of sp³-hybridized carbons (Fsp3) is 0.182. The molecule has 0 saturated carbocycles. The second kappa shape index (κ2) is 5.22. The van der Waals surface area contributed by atoms with Crippen molar-refractivity contribution in [3.8, 4) is 0 Å². The molecule has 3 aromatic rings. The molecule has 0 atom stereocenters. The summed E-state index contributed by atoms with van der Waals surface area (Å²) in [4.78, 5) is 26.5. The van der Waals surface area contributed by atoms with Crippen LogP contribution in [0.4, 0.5) is 0 Å². The van der Waals surface area contributed by atoms with Gasteiger partial charge < -0.3 is 4.98 Å². The molecular formula is C11H9ClN6OS. The maximum atomic E-state index is 11.2. The van der Waals surface area contributed by atoms with Crippen LogP contribution in [-0.4, -0.2) is 29.7 Å². The summed E-state index contributed by atoms with van der Waals surface area (Å²) in [5, 5.41) is 5.69. The van der Waals surface area contributed by atoms with Gasteiger partial charge in [0.2, 0.25) is 0 Å². The van der Waals surface area contributed by atoms with Crippen molar-refractivity contribution >= 4 is 34.4 Å². The number of thioether (sulfide) groups is 1. The number of nitrogens with zero attached hydrogens (tertiary/aromatic N) is 5. The van der Waals surface area contributed by atoms with E-state index in [1.54, 1.807) is 17.9 Å². The van der Waals surface area contributed by atoms with Crippen LogP contribution in [0.1, 0.15) is 5.82 Å². The maximum Gasteiger partial charge on any atom is 0.251 e. The zero-order valence-corrected chi connectivity index (χ0v) is 11.9. The third-order valence-electron chi connectivity index (χ3n) is 2.58. The zero-order valence-electron chi connectivity index (χ0n) is 10.4. The molecule has 0 amide bonds. The Balaban J connectivity index is 1.87. The molecule has 0 aliphatic heterocycles. The molecule has 102 valence electrons. The zero-order chi connectivity index (χ0) is 14.1. The number of halogens is 1. The van der Waals surface area contributed by atoms with Gasteiger partial charge in [0.05, 0.1) is 17.3 Å². The van der Waals surface area contributed by atoms with Crippen molar-refractivity contribution in [3.05, 3.63) is 39.8 Å². The van der Waals surface area contributed by atoms with E-state index in [2.05, 4.69) is 25.0 Å². The van der Waals surface area contributed by atoms with Crippen molar-refractivity contribution in [2.45, 2.75) is 10.9 Å². The van der Waals surface area contributed by atoms with Crippen LogP contribution in [0, 0.1) is 0 Å². The van der Waals surface area contributed by atoms with Gasteiger partial charge in [0.15, 0.2) is 10.8 Å². The lowest BCUT2D eigenvalue weighted by Crippen LogP contribution is -2.05. The molecule has 0 aliphatic rings. The smallest absolute Gasteiger partial charge is 0.251 e. The van der Waals surface area contributed by atoms with Gasteiger partial charge in [-0.15, -0.1) is 0 Å². The number of hydrogen-bond donors (Lipinski definition) is 1. The van der Waals surface area contributed by atoms with Gasteiger partial charge in [-0.2, -0.15) is 5.10 Å². The standard InChI is InChI=1S/C11H9ClN6OS/c1-18-10-6(4-14-18)9(12)15-7(16-10)5-20-11-13-3-2-8(19)17-11/h2-4H,5H2,1H3,(H,13,17,19). The first-order chi connectivity index (χ1) is 9.63. The number of H-pyrrole nitrogens is 1. The molecule has 20 heavy (non-hydrogen) atoms. The van der Waals surface area contributed by atoms with Gasteiger partial charge in [0.25, 0.3) is 5.56 Å². The van der Waals surface area contributed by atoms with Crippen LogP contribution in [-0.2, 0) is 12.8 Å². The number of rotatable bonds is 3. The monoisotopic (exact) mass is 308 g/mol. The first-order valence-corrected chi connectivity index (χ1v) is 7.02. The molecule has 1 N–H and O–H groups in total. The SMILES string of the molecule is Cn1ncc2c(Cl)nc(CSc3nccc(=O)[nH]3)nc21. The normalized spacial score (nSPS) is 11.1. The van der Waals surface area contributed by atoms with Crippen molar-refractivity contribution in [1.29, 1.82) is 0 Å². The van der Waals surface area contributed by atoms with Gasteiger partial charge in [-0.05, 0) is 0 Å². The van der Waals surface area contributed by atoms with Crippen LogP contribution in [0.3, 0.4) is 0 Å². The lowest BCUT2D eigenvalue weighted by molar-refractivity contribution is 0.782. The molecular weight excluding hydrogens is 300 g/mol. The summed E-state index contributed by atoms with van der Waals surface area (Å²) in [6.45, 7) is 0. The molecule has 0 saturated heterocycles. The van der Waals surface area contributed by atoms with E-state index in [-0.39, 0.29) is 5.56 Å². The summed E-state index contributed by atoms with van der Waals surface area (Å²) < 4.78 is 1.64. The van der Waals surface area contributed by atoms with Crippen LogP contribution in [0.2, 0.25) is 5.15 Å². The second-order valence-electron chi connectivity index (χ2n) is 3.96. The van der Waals surface area contributed by atoms with Crippen LogP contribution < -0.4 is 5.56 Å². The van der Waals surface area contributed by atoms with Crippen LogP contribution >= 0.6 is 23.4 Å². The molecule has 0 spiro atoms. The highest BCUT2D eigenvalue weighted by Crippen LogP contribution is 2.22. The van der Waals surface area contributed by atoms with E-state index < -0.39 is 0 Å². The predicted octanol–water partition coefficient (Wildman–Crippen LogP) is 1.39. The molecule has 9 heteroatoms. The van der Waals surface area contributed by atoms with Gasteiger partial charge >= 0.3 is 0 Å². The van der Waals surface area contributed by atoms with Crippen molar-refractivity contribution in [1.82, 2.24) is 29.7 Å². The molecule has 0 aromatic carbocycles. The molecule has 3 heterocycles. The summed E-state index contributed by atoms with van der Waals surface area (Å²) in [7, 11) is 1.79. The summed E-state index contributed by atoms with van der Waals surface area (Å²) in [6, 6.07) is 1.36. The second-order valence-corrected chi connectivity index (χ2v) is 5.29. The average molecular weight is 309 g/mol. The third kappa shape index (κ3) is 2.52. The Bertz CT molecular complexity index is 829. The number of nitrogens with one attached hydrogen (secondary N) is 1. The van der Waals surface area contributed by atoms with Crippen LogP contribution in [0.25, 0.3) is 11.0 Å². The molecule has 3 aromatic heterocycles. The fourth-order valence-electron chi connectivity index (χ4n) is 1.65. The van der Waals surface area contributed by atoms with Crippen molar-refractivity contribution < 1.29 is 0 Å². The maximum absolute atomic E-state index is 11.2. The highest BCUT2D eigenvalue weighted by Gasteiger charge is 2.10. The van der Waals surface area contributed by atoms with E-state index in [1.807, 2.05) is 0 Å². The largest absolute Gasteiger partial charge is 0.301 e. The number of hydrogen-bond acceptors (Lipinski definition) is 6. The summed E-state index contributed by atoms with van der Waals surface area (Å²) in [6.07, 6.45) is 3.09. The van der Waals surface area contributed by atoms with E-state index in [4.69, 9.17) is 11.6 Å². The van der Waals surface area contributed by atoms with E-state index in [1.165, 1.54) is 24.0 Å². The van der Waals surface area contributed by atoms with Crippen molar-refractivity contribution in [2.75, 3.05) is 0 Å². The lowest BCUT2D eigenvalue weighted by atomic mass is 10.4. The van der Waals surface area contributed by atoms with Crippen molar-refractivity contribution in [2.24, 2.45) is 7.05 Å². The number of aromatic amines is 1. The van der Waals surface area contributed by atoms with Crippen LogP contribution in [0.5, 0.6) is 0 Å². The summed E-state index contributed by atoms with van der Waals surface area (Å²) in [5.74, 6) is 1.01. The minimum atomic E-state index is -0.191. The molecule has 0 radical (unpaired) electrons.